The number of hydrogen-bond donors (Lipinski definition) is 0. The fourth-order valence-corrected chi connectivity index (χ4v) is 4.94. The van der Waals surface area contributed by atoms with Crippen LogP contribution in [0.2, 0.25) is 0 Å². The van der Waals surface area contributed by atoms with Gasteiger partial charge in [0.05, 0.1) is 14.2 Å². The summed E-state index contributed by atoms with van der Waals surface area (Å²) in [6.45, 7) is 15.0. The number of piperazine rings is 1. The second-order valence-electron chi connectivity index (χ2n) is 9.08. The van der Waals surface area contributed by atoms with Crippen molar-refractivity contribution in [2.24, 2.45) is 0 Å². The molecule has 1 saturated heterocycles. The Labute approximate surface area is 180 Å². The number of benzene rings is 2. The third-order valence-electron chi connectivity index (χ3n) is 6.65. The smallest absolute Gasteiger partial charge is 0.162 e. The van der Waals surface area contributed by atoms with Crippen molar-refractivity contribution in [1.82, 2.24) is 0 Å². The van der Waals surface area contributed by atoms with Gasteiger partial charge in [0, 0.05) is 55.6 Å². The summed E-state index contributed by atoms with van der Waals surface area (Å²) in [5.74, 6) is 2.66. The van der Waals surface area contributed by atoms with Crippen molar-refractivity contribution in [2.75, 3.05) is 50.2 Å². The second kappa shape index (κ2) is 7.60. The lowest BCUT2D eigenvalue weighted by Gasteiger charge is -2.39. The van der Waals surface area contributed by atoms with E-state index in [0.29, 0.717) is 0 Å². The van der Waals surface area contributed by atoms with Gasteiger partial charge in [-0.2, -0.15) is 0 Å². The predicted molar refractivity (Wildman–Crippen MR) is 123 cm³/mol. The van der Waals surface area contributed by atoms with Gasteiger partial charge in [0.25, 0.3) is 0 Å². The molecule has 162 valence electrons. The van der Waals surface area contributed by atoms with E-state index >= 15 is 0 Å². The maximum Gasteiger partial charge on any atom is 0.162 e. The molecule has 0 unspecified atom stereocenters. The lowest BCUT2D eigenvalue weighted by Crippen LogP contribution is -2.47. The molecule has 2 heterocycles. The van der Waals surface area contributed by atoms with Crippen molar-refractivity contribution < 1.29 is 14.2 Å². The van der Waals surface area contributed by atoms with Gasteiger partial charge in [0.2, 0.25) is 0 Å². The molecule has 2 aromatic carbocycles. The maximum absolute atomic E-state index is 6.30. The standard InChI is InChI=1S/C25H34N2O3/c1-16-17(2)24-20(15-25(4,5)30-24)18(3)23(16)27-12-10-26(11-13-27)19-8-9-21(28-6)22(14-19)29-7/h8-9,14H,10-13,15H2,1-7H3. The highest BCUT2D eigenvalue weighted by Crippen LogP contribution is 2.45. The monoisotopic (exact) mass is 410 g/mol. The van der Waals surface area contributed by atoms with Gasteiger partial charge in [-0.15, -0.1) is 0 Å². The Morgan fingerprint density at radius 2 is 1.47 bits per heavy atom. The molecule has 1 fully saturated rings. The summed E-state index contributed by atoms with van der Waals surface area (Å²) >= 11 is 0. The molecule has 2 aromatic rings. The lowest BCUT2D eigenvalue weighted by molar-refractivity contribution is 0.137. The van der Waals surface area contributed by atoms with Gasteiger partial charge in [-0.3, -0.25) is 0 Å². The number of methoxy groups -OCH3 is 2. The predicted octanol–water partition coefficient (Wildman–Crippen LogP) is 4.67. The number of hydrogen-bond acceptors (Lipinski definition) is 5. The minimum absolute atomic E-state index is 0.116. The van der Waals surface area contributed by atoms with Crippen LogP contribution in [0.25, 0.3) is 0 Å². The first-order valence-corrected chi connectivity index (χ1v) is 10.8. The highest BCUT2D eigenvalue weighted by atomic mass is 16.5. The Balaban J connectivity index is 1.56. The minimum Gasteiger partial charge on any atom is -0.493 e. The van der Waals surface area contributed by atoms with Crippen LogP contribution in [0.4, 0.5) is 11.4 Å². The first kappa shape index (κ1) is 20.7. The van der Waals surface area contributed by atoms with E-state index in [1.807, 2.05) is 6.07 Å². The van der Waals surface area contributed by atoms with Gasteiger partial charge in [0.1, 0.15) is 11.4 Å². The fourth-order valence-electron chi connectivity index (χ4n) is 4.94. The summed E-state index contributed by atoms with van der Waals surface area (Å²) in [6.07, 6.45) is 0.980. The highest BCUT2D eigenvalue weighted by molar-refractivity contribution is 5.70. The molecule has 0 aromatic heterocycles. The Kier molecular flexibility index (Phi) is 5.25. The zero-order chi connectivity index (χ0) is 21.6. The quantitative estimate of drug-likeness (QED) is 0.732. The Morgan fingerprint density at radius 3 is 2.10 bits per heavy atom. The molecule has 0 atom stereocenters. The number of anilines is 2. The third kappa shape index (κ3) is 3.44. The molecule has 0 N–H and O–H groups in total. The van der Waals surface area contributed by atoms with Gasteiger partial charge in [-0.1, -0.05) is 0 Å². The Morgan fingerprint density at radius 1 is 0.833 bits per heavy atom. The SMILES string of the molecule is COc1ccc(N2CCN(c3c(C)c(C)c4c(c3C)CC(C)(C)O4)CC2)cc1OC. The summed E-state index contributed by atoms with van der Waals surface area (Å²) < 4.78 is 17.2. The molecular weight excluding hydrogens is 376 g/mol. The topological polar surface area (TPSA) is 34.2 Å². The summed E-state index contributed by atoms with van der Waals surface area (Å²) in [5.41, 5.74) is 7.89. The van der Waals surface area contributed by atoms with Crippen molar-refractivity contribution in [3.63, 3.8) is 0 Å². The molecule has 0 amide bonds. The van der Waals surface area contributed by atoms with Crippen LogP contribution in [-0.4, -0.2) is 46.0 Å². The molecule has 5 heteroatoms. The van der Waals surface area contributed by atoms with Crippen LogP contribution in [-0.2, 0) is 6.42 Å². The van der Waals surface area contributed by atoms with Gasteiger partial charge in [-0.05, 0) is 63.4 Å². The van der Waals surface area contributed by atoms with Crippen molar-refractivity contribution in [3.8, 4) is 17.2 Å². The molecule has 0 saturated carbocycles. The normalized spacial score (nSPS) is 17.6. The van der Waals surface area contributed by atoms with E-state index in [1.165, 1.54) is 33.6 Å². The third-order valence-corrected chi connectivity index (χ3v) is 6.65. The molecule has 0 radical (unpaired) electrons. The highest BCUT2D eigenvalue weighted by Gasteiger charge is 2.35. The summed E-state index contributed by atoms with van der Waals surface area (Å²) in [7, 11) is 3.36. The van der Waals surface area contributed by atoms with E-state index in [1.54, 1.807) is 14.2 Å². The van der Waals surface area contributed by atoms with Crippen molar-refractivity contribution in [2.45, 2.75) is 46.6 Å². The van der Waals surface area contributed by atoms with Crippen LogP contribution >= 0.6 is 0 Å². The summed E-state index contributed by atoms with van der Waals surface area (Å²) in [4.78, 5) is 4.98. The van der Waals surface area contributed by atoms with E-state index in [0.717, 1.165) is 49.8 Å². The molecule has 2 aliphatic rings. The lowest BCUT2D eigenvalue weighted by atomic mass is 9.91. The van der Waals surface area contributed by atoms with Gasteiger partial charge in [-0.25, -0.2) is 0 Å². The van der Waals surface area contributed by atoms with Crippen molar-refractivity contribution >= 4 is 11.4 Å². The number of rotatable bonds is 4. The fraction of sp³-hybridized carbons (Fsp3) is 0.520. The van der Waals surface area contributed by atoms with Gasteiger partial charge >= 0.3 is 0 Å². The van der Waals surface area contributed by atoms with Crippen LogP contribution in [0.1, 0.15) is 36.1 Å². The molecule has 2 aliphatic heterocycles. The molecule has 0 aliphatic carbocycles. The number of fused-ring (bicyclic) bond motifs is 1. The first-order valence-electron chi connectivity index (χ1n) is 10.8. The summed E-state index contributed by atoms with van der Waals surface area (Å²) in [6, 6.07) is 6.18. The Bertz CT molecular complexity index is 960. The number of ether oxygens (including phenoxy) is 3. The van der Waals surface area contributed by atoms with Gasteiger partial charge in [0.15, 0.2) is 11.5 Å². The zero-order valence-electron chi connectivity index (χ0n) is 19.4. The van der Waals surface area contributed by atoms with Crippen LogP contribution in [0.5, 0.6) is 17.2 Å². The van der Waals surface area contributed by atoms with E-state index < -0.39 is 0 Å². The second-order valence-corrected chi connectivity index (χ2v) is 9.08. The maximum atomic E-state index is 6.30. The van der Waals surface area contributed by atoms with Crippen LogP contribution in [0, 0.1) is 20.8 Å². The van der Waals surface area contributed by atoms with Crippen molar-refractivity contribution in [3.05, 3.63) is 40.5 Å². The van der Waals surface area contributed by atoms with Crippen molar-refractivity contribution in [1.29, 1.82) is 0 Å². The van der Waals surface area contributed by atoms with Crippen LogP contribution in [0.3, 0.4) is 0 Å². The van der Waals surface area contributed by atoms with E-state index in [4.69, 9.17) is 14.2 Å². The van der Waals surface area contributed by atoms with E-state index in [2.05, 4.69) is 56.6 Å². The molecule has 4 rings (SSSR count). The first-order chi connectivity index (χ1) is 14.3. The molecule has 0 bridgehead atoms. The molecule has 5 nitrogen and oxygen atoms in total. The number of nitrogens with zero attached hydrogens (tertiary/aromatic N) is 2. The average molecular weight is 411 g/mol. The summed E-state index contributed by atoms with van der Waals surface area (Å²) in [5, 5.41) is 0. The minimum atomic E-state index is -0.116. The average Bonchev–Trinajstić information content (AvgIpc) is 3.08. The molecule has 30 heavy (non-hydrogen) atoms. The van der Waals surface area contributed by atoms with Gasteiger partial charge < -0.3 is 24.0 Å². The Hall–Kier alpha value is -2.56. The van der Waals surface area contributed by atoms with Crippen LogP contribution in [0.15, 0.2) is 18.2 Å². The van der Waals surface area contributed by atoms with Crippen LogP contribution < -0.4 is 24.0 Å². The largest absolute Gasteiger partial charge is 0.493 e. The molecular formula is C25H34N2O3. The van der Waals surface area contributed by atoms with E-state index in [-0.39, 0.29) is 5.60 Å². The molecule has 0 spiro atoms. The van der Waals surface area contributed by atoms with E-state index in [9.17, 15) is 0 Å². The zero-order valence-corrected chi connectivity index (χ0v) is 19.4.